The van der Waals surface area contributed by atoms with Gasteiger partial charge in [-0.1, -0.05) is 17.7 Å². The number of carboxylic acids is 1. The van der Waals surface area contributed by atoms with Gasteiger partial charge in [-0.2, -0.15) is 0 Å². The van der Waals surface area contributed by atoms with Gasteiger partial charge in [0, 0.05) is 12.5 Å². The van der Waals surface area contributed by atoms with Crippen molar-refractivity contribution in [2.24, 2.45) is 5.73 Å². The predicted molar refractivity (Wildman–Crippen MR) is 78.3 cm³/mol. The average Bonchev–Trinajstić information content (AvgIpc) is 2.36. The first kappa shape index (κ1) is 16.1. The number of hydrogen-bond donors (Lipinski definition) is 2. The standard InChI is InChI=1S/C13H16ClNO5S/c14-10-5-8(11(15)2-4-13(16)17)1-3-12(10)20-9-6-21(18,19)7-9/h1,3,5,9,11H,2,4,6-7,15H2,(H,16,17). The van der Waals surface area contributed by atoms with E-state index in [1.807, 2.05) is 0 Å². The maximum Gasteiger partial charge on any atom is 0.303 e. The first-order chi connectivity index (χ1) is 9.77. The zero-order valence-electron chi connectivity index (χ0n) is 11.2. The molecule has 0 aliphatic carbocycles. The van der Waals surface area contributed by atoms with Crippen molar-refractivity contribution in [2.45, 2.75) is 25.0 Å². The Morgan fingerprint density at radius 2 is 2.14 bits per heavy atom. The minimum atomic E-state index is -2.94. The Morgan fingerprint density at radius 3 is 2.67 bits per heavy atom. The molecular weight excluding hydrogens is 318 g/mol. The Morgan fingerprint density at radius 1 is 1.48 bits per heavy atom. The van der Waals surface area contributed by atoms with Crippen molar-refractivity contribution in [1.29, 1.82) is 0 Å². The van der Waals surface area contributed by atoms with E-state index in [0.717, 1.165) is 5.56 Å². The van der Waals surface area contributed by atoms with E-state index in [9.17, 15) is 13.2 Å². The van der Waals surface area contributed by atoms with E-state index < -0.39 is 21.8 Å². The lowest BCUT2D eigenvalue weighted by atomic mass is 10.0. The number of nitrogens with two attached hydrogens (primary N) is 1. The van der Waals surface area contributed by atoms with Gasteiger partial charge < -0.3 is 15.6 Å². The molecular formula is C13H16ClNO5S. The second kappa shape index (κ2) is 6.21. The summed E-state index contributed by atoms with van der Waals surface area (Å²) in [5.41, 5.74) is 6.61. The lowest BCUT2D eigenvalue weighted by Crippen LogP contribution is -2.45. The monoisotopic (exact) mass is 333 g/mol. The maximum absolute atomic E-state index is 11.1. The van der Waals surface area contributed by atoms with Crippen LogP contribution in [0.2, 0.25) is 5.02 Å². The van der Waals surface area contributed by atoms with Crippen molar-refractivity contribution in [1.82, 2.24) is 0 Å². The number of halogens is 1. The number of aliphatic carboxylic acids is 1. The lowest BCUT2D eigenvalue weighted by Gasteiger charge is -2.27. The van der Waals surface area contributed by atoms with Crippen LogP contribution in [0.4, 0.5) is 0 Å². The number of hydrogen-bond acceptors (Lipinski definition) is 5. The van der Waals surface area contributed by atoms with Gasteiger partial charge in [-0.15, -0.1) is 0 Å². The quantitative estimate of drug-likeness (QED) is 0.814. The molecule has 8 heteroatoms. The third-order valence-corrected chi connectivity index (χ3v) is 5.28. The Labute approximate surface area is 127 Å². The molecule has 21 heavy (non-hydrogen) atoms. The summed E-state index contributed by atoms with van der Waals surface area (Å²) in [6, 6.07) is 4.54. The van der Waals surface area contributed by atoms with Crippen molar-refractivity contribution in [3.8, 4) is 5.75 Å². The second-order valence-corrected chi connectivity index (χ2v) is 7.61. The molecule has 1 aromatic carbocycles. The van der Waals surface area contributed by atoms with Crippen LogP contribution in [0.25, 0.3) is 0 Å². The minimum absolute atomic E-state index is 0.00318. The van der Waals surface area contributed by atoms with E-state index in [1.54, 1.807) is 18.2 Å². The molecule has 1 aliphatic heterocycles. The van der Waals surface area contributed by atoms with E-state index in [-0.39, 0.29) is 24.0 Å². The van der Waals surface area contributed by atoms with Gasteiger partial charge in [-0.05, 0) is 24.1 Å². The molecule has 1 aromatic rings. The van der Waals surface area contributed by atoms with E-state index >= 15 is 0 Å². The van der Waals surface area contributed by atoms with Crippen LogP contribution in [-0.2, 0) is 14.6 Å². The summed E-state index contributed by atoms with van der Waals surface area (Å²) in [4.78, 5) is 10.5. The summed E-state index contributed by atoms with van der Waals surface area (Å²) < 4.78 is 27.6. The van der Waals surface area contributed by atoms with E-state index in [2.05, 4.69) is 0 Å². The predicted octanol–water partition coefficient (Wildman–Crippen LogP) is 1.38. The van der Waals surface area contributed by atoms with Gasteiger partial charge in [-0.3, -0.25) is 4.79 Å². The van der Waals surface area contributed by atoms with Crippen molar-refractivity contribution in [3.63, 3.8) is 0 Å². The summed E-state index contributed by atoms with van der Waals surface area (Å²) in [6.45, 7) is 0. The molecule has 1 atom stereocenters. The normalized spacial score (nSPS) is 18.8. The Balaban J connectivity index is 1.98. The highest BCUT2D eigenvalue weighted by molar-refractivity contribution is 7.92. The molecule has 0 bridgehead atoms. The van der Waals surface area contributed by atoms with Gasteiger partial charge in [0.25, 0.3) is 0 Å². The SMILES string of the molecule is NC(CCC(=O)O)c1ccc(OC2CS(=O)(=O)C2)c(Cl)c1. The van der Waals surface area contributed by atoms with Gasteiger partial charge in [0.1, 0.15) is 11.9 Å². The molecule has 1 aliphatic rings. The number of sulfone groups is 1. The van der Waals surface area contributed by atoms with Crippen molar-refractivity contribution >= 4 is 27.4 Å². The number of carboxylic acid groups (broad SMARTS) is 1. The highest BCUT2D eigenvalue weighted by Gasteiger charge is 2.35. The van der Waals surface area contributed by atoms with Crippen LogP contribution in [0.3, 0.4) is 0 Å². The first-order valence-corrected chi connectivity index (χ1v) is 8.60. The summed E-state index contributed by atoms with van der Waals surface area (Å²) in [5.74, 6) is -0.486. The molecule has 6 nitrogen and oxygen atoms in total. The van der Waals surface area contributed by atoms with E-state index in [4.69, 9.17) is 27.2 Å². The lowest BCUT2D eigenvalue weighted by molar-refractivity contribution is -0.137. The molecule has 116 valence electrons. The summed E-state index contributed by atoms with van der Waals surface area (Å²) in [5, 5.41) is 8.97. The first-order valence-electron chi connectivity index (χ1n) is 6.41. The minimum Gasteiger partial charge on any atom is -0.487 e. The van der Waals surface area contributed by atoms with Crippen LogP contribution >= 0.6 is 11.6 Å². The summed E-state index contributed by atoms with van der Waals surface area (Å²) in [7, 11) is -2.94. The van der Waals surface area contributed by atoms with Gasteiger partial charge >= 0.3 is 5.97 Å². The maximum atomic E-state index is 11.1. The van der Waals surface area contributed by atoms with Crippen LogP contribution < -0.4 is 10.5 Å². The molecule has 1 heterocycles. The van der Waals surface area contributed by atoms with E-state index in [1.165, 1.54) is 0 Å². The smallest absolute Gasteiger partial charge is 0.303 e. The van der Waals surface area contributed by atoms with E-state index in [0.29, 0.717) is 17.2 Å². The zero-order chi connectivity index (χ0) is 15.6. The zero-order valence-corrected chi connectivity index (χ0v) is 12.7. The van der Waals surface area contributed by atoms with Crippen LogP contribution in [0, 0.1) is 0 Å². The molecule has 1 fully saturated rings. The average molecular weight is 334 g/mol. The van der Waals surface area contributed by atoms with Gasteiger partial charge in [0.05, 0.1) is 16.5 Å². The van der Waals surface area contributed by atoms with Crippen LogP contribution in [0.15, 0.2) is 18.2 Å². The molecule has 1 saturated heterocycles. The van der Waals surface area contributed by atoms with Crippen LogP contribution in [0.1, 0.15) is 24.4 Å². The second-order valence-electron chi connectivity index (χ2n) is 5.05. The molecule has 1 unspecified atom stereocenters. The fraction of sp³-hybridized carbons (Fsp3) is 0.462. The Kier molecular flexibility index (Phi) is 4.75. The van der Waals surface area contributed by atoms with Crippen molar-refractivity contribution in [2.75, 3.05) is 11.5 Å². The van der Waals surface area contributed by atoms with Gasteiger partial charge in [0.15, 0.2) is 9.84 Å². The molecule has 0 spiro atoms. The fourth-order valence-electron chi connectivity index (χ4n) is 2.05. The molecule has 0 aromatic heterocycles. The van der Waals surface area contributed by atoms with Gasteiger partial charge in [-0.25, -0.2) is 8.42 Å². The Bertz CT molecular complexity index is 634. The molecule has 0 radical (unpaired) electrons. The summed E-state index contributed by atoms with van der Waals surface area (Å²) >= 11 is 6.09. The molecule has 0 saturated carbocycles. The number of ether oxygens (including phenoxy) is 1. The highest BCUT2D eigenvalue weighted by Crippen LogP contribution is 2.31. The molecule has 0 amide bonds. The fourth-order valence-corrected chi connectivity index (χ4v) is 3.46. The third-order valence-electron chi connectivity index (χ3n) is 3.23. The number of carbonyl (C=O) groups is 1. The highest BCUT2D eigenvalue weighted by atomic mass is 35.5. The third kappa shape index (κ3) is 4.33. The van der Waals surface area contributed by atoms with Crippen molar-refractivity contribution in [3.05, 3.63) is 28.8 Å². The largest absolute Gasteiger partial charge is 0.487 e. The van der Waals surface area contributed by atoms with Crippen molar-refractivity contribution < 1.29 is 23.1 Å². The van der Waals surface area contributed by atoms with Crippen LogP contribution in [-0.4, -0.2) is 37.1 Å². The molecule has 2 rings (SSSR count). The number of benzene rings is 1. The Hall–Kier alpha value is -1.31. The van der Waals surface area contributed by atoms with Gasteiger partial charge in [0.2, 0.25) is 0 Å². The number of rotatable bonds is 6. The summed E-state index contributed by atoms with van der Waals surface area (Å²) in [6.07, 6.45) is -0.0667. The molecule has 3 N–H and O–H groups in total. The van der Waals surface area contributed by atoms with Crippen LogP contribution in [0.5, 0.6) is 5.75 Å². The topological polar surface area (TPSA) is 107 Å².